The predicted molar refractivity (Wildman–Crippen MR) is 173 cm³/mol. The lowest BCUT2D eigenvalue weighted by Crippen LogP contribution is -2.28. The minimum absolute atomic E-state index is 0.000808. The molecule has 18 nitrogen and oxygen atoms in total. The van der Waals surface area contributed by atoms with E-state index in [0.717, 1.165) is 5.56 Å². The number of hydrogen-bond acceptors (Lipinski definition) is 16. The molecule has 0 aromatic carbocycles. The van der Waals surface area contributed by atoms with E-state index in [1.54, 1.807) is 23.3 Å². The number of ether oxygens (including phenoxy) is 9. The number of amides is 2. The van der Waals surface area contributed by atoms with E-state index in [0.29, 0.717) is 75.8 Å². The summed E-state index contributed by atoms with van der Waals surface area (Å²) in [5, 5.41) is 14.4. The third-order valence-electron chi connectivity index (χ3n) is 5.71. The van der Waals surface area contributed by atoms with E-state index in [1.807, 2.05) is 6.26 Å². The van der Waals surface area contributed by atoms with Crippen molar-refractivity contribution < 1.29 is 52.2 Å². The van der Waals surface area contributed by atoms with Gasteiger partial charge in [0.05, 0.1) is 31.5 Å². The van der Waals surface area contributed by atoms with Gasteiger partial charge in [-0.2, -0.15) is 0 Å². The highest BCUT2D eigenvalue weighted by molar-refractivity contribution is 7.98. The monoisotopic (exact) mass is 713 g/mol. The van der Waals surface area contributed by atoms with Crippen LogP contribution in [0.1, 0.15) is 43.4 Å². The van der Waals surface area contributed by atoms with Gasteiger partial charge in [-0.3, -0.25) is 14.3 Å². The summed E-state index contributed by atoms with van der Waals surface area (Å²) in [5.41, 5.74) is 1.43. The molecule has 0 fully saturated rings. The minimum Gasteiger partial charge on any atom is -0.375 e. The Labute approximate surface area is 290 Å². The van der Waals surface area contributed by atoms with Crippen LogP contribution >= 0.6 is 11.8 Å². The predicted octanol–water partition coefficient (Wildman–Crippen LogP) is 1.01. The first-order valence-corrected chi connectivity index (χ1v) is 16.7. The zero-order chi connectivity index (χ0) is 35.0. The molecule has 0 unspecified atom stereocenters. The summed E-state index contributed by atoms with van der Waals surface area (Å²) in [6, 6.07) is 0. The van der Waals surface area contributed by atoms with Crippen molar-refractivity contribution in [3.8, 4) is 11.8 Å². The molecule has 0 saturated heterocycles. The highest BCUT2D eigenvalue weighted by Crippen LogP contribution is 2.06. The van der Waals surface area contributed by atoms with Crippen molar-refractivity contribution in [1.82, 2.24) is 35.6 Å². The van der Waals surface area contributed by atoms with Crippen molar-refractivity contribution in [1.29, 1.82) is 0 Å². The van der Waals surface area contributed by atoms with Gasteiger partial charge in [-0.05, 0) is 25.5 Å². The Morgan fingerprint density at radius 3 is 2.04 bits per heavy atom. The molecule has 0 aliphatic heterocycles. The molecule has 2 amide bonds. The van der Waals surface area contributed by atoms with Crippen LogP contribution in [0.5, 0.6) is 0 Å². The molecule has 274 valence electrons. The molecule has 0 radical (unpaired) electrons. The first kappa shape index (κ1) is 41.9. The van der Waals surface area contributed by atoms with Crippen LogP contribution in [0.4, 0.5) is 0 Å². The maximum Gasteiger partial charge on any atom is 0.245 e. The van der Waals surface area contributed by atoms with Gasteiger partial charge in [0.25, 0.3) is 0 Å². The number of rotatable bonds is 30. The van der Waals surface area contributed by atoms with E-state index in [9.17, 15) is 9.59 Å². The number of carbonyl (C=O) groups excluding carboxylic acids is 2. The molecule has 2 rings (SSSR count). The molecule has 0 aliphatic carbocycles. The number of methoxy groups -OCH3 is 1. The highest BCUT2D eigenvalue weighted by Gasteiger charge is 2.05. The van der Waals surface area contributed by atoms with Gasteiger partial charge in [0.15, 0.2) is 39.1 Å². The van der Waals surface area contributed by atoms with Gasteiger partial charge in [0.2, 0.25) is 11.8 Å². The maximum absolute atomic E-state index is 12.1. The first-order valence-electron chi connectivity index (χ1n) is 15.5. The zero-order valence-electron chi connectivity index (χ0n) is 28.1. The van der Waals surface area contributed by atoms with Gasteiger partial charge in [0.1, 0.15) is 25.9 Å². The maximum atomic E-state index is 12.1. The number of aryl methyl sites for hydroxylation is 1. The normalized spacial score (nSPS) is 10.9. The summed E-state index contributed by atoms with van der Waals surface area (Å²) < 4.78 is 47.9. The van der Waals surface area contributed by atoms with Crippen molar-refractivity contribution >= 4 is 23.6 Å². The van der Waals surface area contributed by atoms with Crippen LogP contribution in [0.15, 0.2) is 23.7 Å². The lowest BCUT2D eigenvalue weighted by Gasteiger charge is -2.09. The lowest BCUT2D eigenvalue weighted by molar-refractivity contribution is -0.221. The van der Waals surface area contributed by atoms with Crippen LogP contribution < -0.4 is 10.6 Å². The van der Waals surface area contributed by atoms with Gasteiger partial charge in [0, 0.05) is 45.4 Å². The second-order valence-electron chi connectivity index (χ2n) is 9.72. The molecule has 0 aliphatic rings. The summed E-state index contributed by atoms with van der Waals surface area (Å²) in [6.07, 6.45) is 10.1. The van der Waals surface area contributed by atoms with Crippen LogP contribution in [-0.4, -0.2) is 124 Å². The average molecular weight is 714 g/mol. The number of nitrogens with one attached hydrogen (secondary N) is 2. The Kier molecular flexibility index (Phi) is 25.3. The molecule has 49 heavy (non-hydrogen) atoms. The molecule has 2 heterocycles. The number of nitrogens with zero attached hydrogens (tertiary/aromatic N) is 5. The molecular formula is C30H47N7O11S. The molecular weight excluding hydrogens is 666 g/mol. The zero-order valence-corrected chi connectivity index (χ0v) is 28.9. The van der Waals surface area contributed by atoms with Crippen molar-refractivity contribution in [2.45, 2.75) is 50.4 Å². The molecule has 19 heteroatoms. The average Bonchev–Trinajstić information content (AvgIpc) is 3.57. The van der Waals surface area contributed by atoms with Gasteiger partial charge < -0.3 is 53.3 Å². The number of aromatic nitrogens is 5. The van der Waals surface area contributed by atoms with Crippen molar-refractivity contribution in [3.63, 3.8) is 0 Å². The standard InChI is InChI=1S/C30H47N7O11S/c1-40-18-29(39)31-10-6-12-41-19-43-21-45-23-47-25-48-24-46-22-44-20-42-13-7-11-37-17-27(35-36-37)16-32-28(38)9-5-3-4-8-26-14-33-30(49-2)34-15-26/h14-15,17H,3,5-7,9-13,16,18-25H2,1-2H3,(H,31,39)(H,32,38). The second-order valence-corrected chi connectivity index (χ2v) is 10.5. The van der Waals surface area contributed by atoms with Gasteiger partial charge in [-0.15, -0.1) is 5.10 Å². The van der Waals surface area contributed by atoms with Crippen LogP contribution in [0.3, 0.4) is 0 Å². The summed E-state index contributed by atoms with van der Waals surface area (Å²) >= 11 is 1.48. The van der Waals surface area contributed by atoms with Crippen molar-refractivity contribution in [3.05, 3.63) is 29.8 Å². The Hall–Kier alpha value is -3.29. The van der Waals surface area contributed by atoms with Crippen LogP contribution in [0.2, 0.25) is 0 Å². The van der Waals surface area contributed by atoms with E-state index in [-0.39, 0.29) is 66.0 Å². The van der Waals surface area contributed by atoms with E-state index in [4.69, 9.17) is 42.6 Å². The van der Waals surface area contributed by atoms with Crippen LogP contribution in [0.25, 0.3) is 0 Å². The highest BCUT2D eigenvalue weighted by atomic mass is 32.2. The Morgan fingerprint density at radius 2 is 1.43 bits per heavy atom. The molecule has 0 atom stereocenters. The van der Waals surface area contributed by atoms with Gasteiger partial charge in [-0.25, -0.2) is 9.97 Å². The Bertz CT molecular complexity index is 1200. The third-order valence-corrected chi connectivity index (χ3v) is 6.28. The van der Waals surface area contributed by atoms with E-state index < -0.39 is 0 Å². The van der Waals surface area contributed by atoms with Gasteiger partial charge >= 0.3 is 0 Å². The van der Waals surface area contributed by atoms with Crippen LogP contribution in [0, 0.1) is 11.8 Å². The molecule has 2 aromatic rings. The fraction of sp³-hybridized carbons (Fsp3) is 0.667. The quantitative estimate of drug-likeness (QED) is 0.0382. The van der Waals surface area contributed by atoms with E-state index in [2.05, 4.69) is 42.8 Å². The summed E-state index contributed by atoms with van der Waals surface area (Å²) in [6.45, 7) is 2.42. The first-order chi connectivity index (χ1) is 24.1. The van der Waals surface area contributed by atoms with E-state index in [1.165, 1.54) is 18.9 Å². The minimum atomic E-state index is -0.165. The number of hydrogen-bond donors (Lipinski definition) is 2. The largest absolute Gasteiger partial charge is 0.375 e. The van der Waals surface area contributed by atoms with Crippen molar-refractivity contribution in [2.24, 2.45) is 0 Å². The molecule has 2 N–H and O–H groups in total. The second kappa shape index (κ2) is 29.6. The van der Waals surface area contributed by atoms with Gasteiger partial charge in [-0.1, -0.05) is 28.8 Å². The SMILES string of the molecule is COCC(=O)NCCCOCOCOCOCOCOCOCOCCCn1cc(CNC(=O)CCCC#Cc2cnc(SC)nc2)nn1. The lowest BCUT2D eigenvalue weighted by atomic mass is 10.2. The Balaban J connectivity index is 1.30. The van der Waals surface area contributed by atoms with Crippen molar-refractivity contribution in [2.75, 3.05) is 87.3 Å². The molecule has 0 saturated carbocycles. The topological polar surface area (TPSA) is 198 Å². The fourth-order valence-corrected chi connectivity index (χ4v) is 3.76. The Morgan fingerprint density at radius 1 is 0.816 bits per heavy atom. The van der Waals surface area contributed by atoms with E-state index >= 15 is 0 Å². The summed E-state index contributed by atoms with van der Waals surface area (Å²) in [4.78, 5) is 31.7. The third kappa shape index (κ3) is 23.7. The fourth-order valence-electron chi connectivity index (χ4n) is 3.44. The summed E-state index contributed by atoms with van der Waals surface area (Å²) in [7, 11) is 1.46. The number of unbranched alkanes of at least 4 members (excludes halogenated alkanes) is 1. The number of carbonyl (C=O) groups is 2. The molecule has 0 spiro atoms. The summed E-state index contributed by atoms with van der Waals surface area (Å²) in [5.74, 6) is 5.82. The number of thioether (sulfide) groups is 1. The molecule has 0 bridgehead atoms. The smallest absolute Gasteiger partial charge is 0.245 e. The van der Waals surface area contributed by atoms with Crippen LogP contribution in [-0.2, 0) is 65.3 Å². The molecule has 2 aromatic heterocycles.